The monoisotopic (exact) mass is 428 g/mol. The van der Waals surface area contributed by atoms with Crippen LogP contribution in [-0.2, 0) is 0 Å². The third-order valence-corrected chi connectivity index (χ3v) is 10.9. The van der Waals surface area contributed by atoms with E-state index < -0.39 is 8.07 Å². The van der Waals surface area contributed by atoms with Crippen molar-refractivity contribution in [2.75, 3.05) is 0 Å². The number of hydrogen-bond acceptors (Lipinski definition) is 1. The molecule has 5 aromatic rings. The Morgan fingerprint density at radius 2 is 0.812 bits per heavy atom. The molecule has 0 spiro atoms. The zero-order valence-corrected chi connectivity index (χ0v) is 18.7. The largest absolute Gasteiger partial charge is 0.508 e. The number of phenols is 1. The van der Waals surface area contributed by atoms with Crippen LogP contribution < -0.4 is 20.7 Å². The fourth-order valence-electron chi connectivity index (χ4n) is 4.65. The fourth-order valence-corrected chi connectivity index (χ4v) is 9.45. The second kappa shape index (κ2) is 8.70. The molecule has 0 aliphatic rings. The van der Waals surface area contributed by atoms with Gasteiger partial charge >= 0.3 is 0 Å². The van der Waals surface area contributed by atoms with Crippen LogP contribution in [0, 0.1) is 0 Å². The maximum absolute atomic E-state index is 9.74. The first-order valence-electron chi connectivity index (χ1n) is 10.8. The quantitative estimate of drug-likeness (QED) is 0.324. The van der Waals surface area contributed by atoms with Crippen molar-refractivity contribution in [1.29, 1.82) is 0 Å². The topological polar surface area (TPSA) is 20.2 Å². The van der Waals surface area contributed by atoms with Crippen molar-refractivity contribution in [1.82, 2.24) is 0 Å². The van der Waals surface area contributed by atoms with Crippen LogP contribution in [0.15, 0.2) is 140 Å². The summed E-state index contributed by atoms with van der Waals surface area (Å²) in [6.45, 7) is 0. The summed E-state index contributed by atoms with van der Waals surface area (Å²) >= 11 is 0. The Morgan fingerprint density at radius 3 is 1.28 bits per heavy atom. The van der Waals surface area contributed by atoms with Gasteiger partial charge in [-0.05, 0) is 44.0 Å². The second-order valence-electron chi connectivity index (χ2n) is 7.98. The zero-order valence-electron chi connectivity index (χ0n) is 17.7. The molecule has 0 aromatic heterocycles. The third kappa shape index (κ3) is 3.55. The molecule has 1 nitrogen and oxygen atoms in total. The third-order valence-electron chi connectivity index (χ3n) is 6.12. The summed E-state index contributed by atoms with van der Waals surface area (Å²) in [6.07, 6.45) is 0. The van der Waals surface area contributed by atoms with Crippen LogP contribution in [0.25, 0.3) is 11.1 Å². The molecule has 0 bridgehead atoms. The summed E-state index contributed by atoms with van der Waals surface area (Å²) in [4.78, 5) is 0. The van der Waals surface area contributed by atoms with Gasteiger partial charge in [-0.25, -0.2) is 0 Å². The maximum atomic E-state index is 9.74. The SMILES string of the molecule is Oc1ccc(-c2cccc([Si](c3ccccc3)(c3ccccc3)c3ccccc3)c2)cc1. The standard InChI is InChI=1S/C30H24OSi/c31-26-21-19-24(20-22-26)25-11-10-18-30(23-25)32(27-12-4-1-5-13-27,28-14-6-2-7-15-28)29-16-8-3-9-17-29/h1-23,31H. The molecular weight excluding hydrogens is 404 g/mol. The Hall–Kier alpha value is -3.88. The predicted molar refractivity (Wildman–Crippen MR) is 137 cm³/mol. The molecule has 0 atom stereocenters. The zero-order chi connectivity index (χ0) is 21.8. The van der Waals surface area contributed by atoms with Gasteiger partial charge in [-0.2, -0.15) is 0 Å². The first kappa shape index (κ1) is 20.0. The van der Waals surface area contributed by atoms with E-state index in [-0.39, 0.29) is 5.75 Å². The highest BCUT2D eigenvalue weighted by Gasteiger charge is 2.41. The van der Waals surface area contributed by atoms with Crippen molar-refractivity contribution in [2.24, 2.45) is 0 Å². The lowest BCUT2D eigenvalue weighted by molar-refractivity contribution is 0.475. The molecule has 0 aliphatic carbocycles. The van der Waals surface area contributed by atoms with E-state index in [1.807, 2.05) is 12.1 Å². The summed E-state index contributed by atoms with van der Waals surface area (Å²) in [5, 5.41) is 15.2. The molecule has 2 heteroatoms. The highest BCUT2D eigenvalue weighted by Crippen LogP contribution is 2.22. The molecule has 0 saturated carbocycles. The summed E-state index contributed by atoms with van der Waals surface area (Å²) in [5.74, 6) is 0.284. The second-order valence-corrected chi connectivity index (χ2v) is 11.8. The van der Waals surface area contributed by atoms with Gasteiger partial charge in [0.05, 0.1) is 0 Å². The number of aromatic hydroxyl groups is 1. The van der Waals surface area contributed by atoms with Gasteiger partial charge in [-0.3, -0.25) is 0 Å². The molecule has 0 unspecified atom stereocenters. The molecule has 32 heavy (non-hydrogen) atoms. The minimum Gasteiger partial charge on any atom is -0.508 e. The Labute approximate surface area is 190 Å². The fraction of sp³-hybridized carbons (Fsp3) is 0. The van der Waals surface area contributed by atoms with E-state index in [0.717, 1.165) is 11.1 Å². The number of rotatable bonds is 5. The average Bonchev–Trinajstić information content (AvgIpc) is 2.87. The van der Waals surface area contributed by atoms with E-state index in [4.69, 9.17) is 0 Å². The van der Waals surface area contributed by atoms with Crippen molar-refractivity contribution < 1.29 is 5.11 Å². The Kier molecular flexibility index (Phi) is 5.45. The molecule has 0 saturated heterocycles. The lowest BCUT2D eigenvalue weighted by Gasteiger charge is -2.34. The van der Waals surface area contributed by atoms with Gasteiger partial charge in [0.25, 0.3) is 0 Å². The van der Waals surface area contributed by atoms with Crippen LogP contribution in [0.5, 0.6) is 5.75 Å². The summed E-state index contributed by atoms with van der Waals surface area (Å²) in [5.41, 5.74) is 2.25. The van der Waals surface area contributed by atoms with Crippen LogP contribution in [0.3, 0.4) is 0 Å². The molecule has 1 N–H and O–H groups in total. The van der Waals surface area contributed by atoms with Gasteiger partial charge in [-0.1, -0.05) is 127 Å². The predicted octanol–water partition coefficient (Wildman–Crippen LogP) is 4.44. The van der Waals surface area contributed by atoms with Crippen molar-refractivity contribution in [3.05, 3.63) is 140 Å². The number of benzene rings is 5. The molecule has 0 fully saturated rings. The molecule has 0 radical (unpaired) electrons. The number of hydrogen-bond donors (Lipinski definition) is 1. The Bertz CT molecular complexity index is 1200. The van der Waals surface area contributed by atoms with E-state index in [0.29, 0.717) is 0 Å². The summed E-state index contributed by atoms with van der Waals surface area (Å²) < 4.78 is 0. The van der Waals surface area contributed by atoms with Gasteiger partial charge in [0, 0.05) is 0 Å². The smallest absolute Gasteiger partial charge is 0.179 e. The lowest BCUT2D eigenvalue weighted by atomic mass is 10.1. The first-order valence-corrected chi connectivity index (χ1v) is 12.8. The molecule has 0 amide bonds. The summed E-state index contributed by atoms with van der Waals surface area (Å²) in [6, 6.07) is 49.2. The van der Waals surface area contributed by atoms with Gasteiger partial charge < -0.3 is 5.11 Å². The van der Waals surface area contributed by atoms with E-state index >= 15 is 0 Å². The highest BCUT2D eigenvalue weighted by atomic mass is 28.3. The van der Waals surface area contributed by atoms with Crippen molar-refractivity contribution in [3.8, 4) is 16.9 Å². The van der Waals surface area contributed by atoms with Crippen LogP contribution in [0.2, 0.25) is 0 Å². The van der Waals surface area contributed by atoms with Gasteiger partial charge in [-0.15, -0.1) is 0 Å². The minimum absolute atomic E-state index is 0.284. The van der Waals surface area contributed by atoms with Crippen molar-refractivity contribution in [3.63, 3.8) is 0 Å². The van der Waals surface area contributed by atoms with Crippen molar-refractivity contribution in [2.45, 2.75) is 0 Å². The minimum atomic E-state index is -2.52. The highest BCUT2D eigenvalue weighted by molar-refractivity contribution is 7.19. The lowest BCUT2D eigenvalue weighted by Crippen LogP contribution is -2.74. The van der Waals surface area contributed by atoms with E-state index in [2.05, 4.69) is 115 Å². The number of phenolic OH excluding ortho intramolecular Hbond substituents is 1. The Morgan fingerprint density at radius 1 is 0.375 bits per heavy atom. The normalized spacial score (nSPS) is 11.2. The van der Waals surface area contributed by atoms with Crippen LogP contribution in [0.1, 0.15) is 0 Å². The molecular formula is C30H24OSi. The first-order chi connectivity index (χ1) is 15.8. The van der Waals surface area contributed by atoms with Gasteiger partial charge in [0.1, 0.15) is 5.75 Å². The van der Waals surface area contributed by atoms with E-state index in [9.17, 15) is 5.11 Å². The van der Waals surface area contributed by atoms with Crippen LogP contribution >= 0.6 is 0 Å². The molecule has 0 aliphatic heterocycles. The Balaban J connectivity index is 1.83. The maximum Gasteiger partial charge on any atom is 0.179 e. The molecule has 5 aromatic carbocycles. The van der Waals surface area contributed by atoms with Gasteiger partial charge in [0.15, 0.2) is 8.07 Å². The summed E-state index contributed by atoms with van der Waals surface area (Å²) in [7, 11) is -2.52. The van der Waals surface area contributed by atoms with Gasteiger partial charge in [0.2, 0.25) is 0 Å². The van der Waals surface area contributed by atoms with E-state index in [1.165, 1.54) is 20.7 Å². The van der Waals surface area contributed by atoms with Crippen LogP contribution in [0.4, 0.5) is 0 Å². The molecule has 0 heterocycles. The molecule has 154 valence electrons. The van der Waals surface area contributed by atoms with Crippen LogP contribution in [-0.4, -0.2) is 13.2 Å². The molecule has 5 rings (SSSR count). The van der Waals surface area contributed by atoms with Crippen molar-refractivity contribution >= 4 is 28.8 Å². The van der Waals surface area contributed by atoms with E-state index in [1.54, 1.807) is 12.1 Å². The average molecular weight is 429 g/mol.